The summed E-state index contributed by atoms with van der Waals surface area (Å²) in [6.45, 7) is 3.19. The minimum Gasteiger partial charge on any atom is -0.393 e. The van der Waals surface area contributed by atoms with E-state index in [1.165, 1.54) is 19.3 Å². The van der Waals surface area contributed by atoms with E-state index in [-0.39, 0.29) is 0 Å². The third-order valence-corrected chi connectivity index (χ3v) is 4.43. The zero-order chi connectivity index (χ0) is 16.2. The maximum atomic E-state index is 6.33. The minimum absolute atomic E-state index is 0.488. The van der Waals surface area contributed by atoms with Crippen molar-refractivity contribution in [1.82, 2.24) is 15.0 Å². The van der Waals surface area contributed by atoms with Gasteiger partial charge in [0.1, 0.15) is 17.8 Å². The molecule has 0 aliphatic carbocycles. The summed E-state index contributed by atoms with van der Waals surface area (Å²) >= 11 is 5.86. The summed E-state index contributed by atoms with van der Waals surface area (Å²) in [6, 6.07) is 4.05. The molecule has 1 aliphatic heterocycles. The maximum absolute atomic E-state index is 6.33. The van der Waals surface area contributed by atoms with E-state index >= 15 is 0 Å². The summed E-state index contributed by atoms with van der Waals surface area (Å²) in [6.07, 6.45) is 7.83. The van der Waals surface area contributed by atoms with Crippen LogP contribution in [0, 0.1) is 0 Å². The molecule has 0 saturated carbocycles. The van der Waals surface area contributed by atoms with Crippen LogP contribution in [0.2, 0.25) is 5.02 Å². The van der Waals surface area contributed by atoms with Gasteiger partial charge in [0.15, 0.2) is 11.6 Å². The number of nitrogens with one attached hydrogen (secondary N) is 1. The molecule has 0 aromatic carbocycles. The van der Waals surface area contributed by atoms with Crippen molar-refractivity contribution in [2.24, 2.45) is 0 Å². The zero-order valence-electron chi connectivity index (χ0n) is 13.2. The van der Waals surface area contributed by atoms with Gasteiger partial charge in [0.05, 0.1) is 5.02 Å². The first-order chi connectivity index (χ1) is 11.2. The van der Waals surface area contributed by atoms with E-state index < -0.39 is 0 Å². The Balaban J connectivity index is 1.87. The lowest BCUT2D eigenvalue weighted by atomic mass is 10.00. The molecule has 1 unspecified atom stereocenters. The van der Waals surface area contributed by atoms with Gasteiger partial charge in [-0.25, -0.2) is 15.0 Å². The molecule has 7 heteroatoms. The molecule has 3 rings (SSSR count). The van der Waals surface area contributed by atoms with Crippen LogP contribution >= 0.6 is 11.6 Å². The van der Waals surface area contributed by atoms with Crippen LogP contribution in [-0.4, -0.2) is 27.5 Å². The van der Waals surface area contributed by atoms with E-state index in [0.29, 0.717) is 28.4 Å². The lowest BCUT2D eigenvalue weighted by Crippen LogP contribution is -2.40. The number of piperidine rings is 1. The minimum atomic E-state index is 0.488. The second-order valence-electron chi connectivity index (χ2n) is 5.70. The summed E-state index contributed by atoms with van der Waals surface area (Å²) in [5, 5.41) is 3.73. The van der Waals surface area contributed by atoms with Gasteiger partial charge in [0.25, 0.3) is 0 Å². The van der Waals surface area contributed by atoms with Crippen molar-refractivity contribution in [2.45, 2.75) is 38.6 Å². The number of hydrogen-bond acceptors (Lipinski definition) is 6. The molecule has 3 heterocycles. The number of halogens is 1. The lowest BCUT2D eigenvalue weighted by Gasteiger charge is -2.36. The maximum Gasteiger partial charge on any atom is 0.160 e. The second-order valence-corrected chi connectivity index (χ2v) is 6.13. The predicted octanol–water partition coefficient (Wildman–Crippen LogP) is 3.62. The predicted molar refractivity (Wildman–Crippen MR) is 94.3 cm³/mol. The Bertz CT molecular complexity index is 660. The first-order valence-corrected chi connectivity index (χ1v) is 8.32. The number of rotatable bonds is 4. The van der Waals surface area contributed by atoms with Crippen LogP contribution in [0.25, 0.3) is 0 Å². The Hall–Kier alpha value is -2.08. The normalized spacial score (nSPS) is 18.0. The highest BCUT2D eigenvalue weighted by Gasteiger charge is 2.25. The summed E-state index contributed by atoms with van der Waals surface area (Å²) in [5.41, 5.74) is 6.89. The molecule has 1 saturated heterocycles. The van der Waals surface area contributed by atoms with Crippen LogP contribution in [0.4, 0.5) is 23.1 Å². The van der Waals surface area contributed by atoms with Crippen LogP contribution in [0.3, 0.4) is 0 Å². The highest BCUT2D eigenvalue weighted by atomic mass is 35.5. The summed E-state index contributed by atoms with van der Waals surface area (Å²) in [4.78, 5) is 15.2. The fourth-order valence-corrected chi connectivity index (χ4v) is 3.10. The first kappa shape index (κ1) is 15.8. The van der Waals surface area contributed by atoms with Crippen molar-refractivity contribution >= 4 is 34.7 Å². The monoisotopic (exact) mass is 332 g/mol. The molecule has 122 valence electrons. The number of pyridine rings is 1. The number of anilines is 4. The molecule has 1 fully saturated rings. The highest BCUT2D eigenvalue weighted by Crippen LogP contribution is 2.32. The van der Waals surface area contributed by atoms with Gasteiger partial charge >= 0.3 is 0 Å². The molecule has 1 aliphatic rings. The summed E-state index contributed by atoms with van der Waals surface area (Å²) in [5.74, 6) is 2.03. The van der Waals surface area contributed by atoms with E-state index in [1.807, 2.05) is 0 Å². The molecule has 3 N–H and O–H groups in total. The second kappa shape index (κ2) is 7.00. The quantitative estimate of drug-likeness (QED) is 0.890. The number of aromatic nitrogens is 3. The Kier molecular flexibility index (Phi) is 4.81. The number of nitrogens with zero attached hydrogens (tertiary/aromatic N) is 4. The molecule has 1 atom stereocenters. The van der Waals surface area contributed by atoms with Crippen LogP contribution in [0.5, 0.6) is 0 Å². The van der Waals surface area contributed by atoms with Gasteiger partial charge in [-0.05, 0) is 37.8 Å². The molecular formula is C16H21ClN6. The van der Waals surface area contributed by atoms with Crippen LogP contribution in [0.15, 0.2) is 24.7 Å². The largest absolute Gasteiger partial charge is 0.393 e. The molecule has 23 heavy (non-hydrogen) atoms. The molecule has 0 bridgehead atoms. The topological polar surface area (TPSA) is 80.0 Å². The third kappa shape index (κ3) is 3.47. The summed E-state index contributed by atoms with van der Waals surface area (Å²) in [7, 11) is 0. The fraction of sp³-hybridized carbons (Fsp3) is 0.438. The van der Waals surface area contributed by atoms with Gasteiger partial charge in [-0.15, -0.1) is 0 Å². The Labute approximate surface area is 141 Å². The molecule has 0 amide bonds. The SMILES string of the molecule is CCC1CCCCN1c1ncnc(Nc2ccc(Cl)cn2)c1N. The van der Waals surface area contributed by atoms with Crippen molar-refractivity contribution in [3.8, 4) is 0 Å². The van der Waals surface area contributed by atoms with Gasteiger partial charge in [0.2, 0.25) is 0 Å². The number of nitrogens with two attached hydrogens (primary N) is 1. The van der Waals surface area contributed by atoms with Crippen molar-refractivity contribution in [3.05, 3.63) is 29.7 Å². The van der Waals surface area contributed by atoms with Gasteiger partial charge < -0.3 is 16.0 Å². The molecule has 6 nitrogen and oxygen atoms in total. The number of hydrogen-bond donors (Lipinski definition) is 2. The van der Waals surface area contributed by atoms with E-state index in [1.54, 1.807) is 24.7 Å². The first-order valence-electron chi connectivity index (χ1n) is 7.94. The van der Waals surface area contributed by atoms with Crippen molar-refractivity contribution in [2.75, 3.05) is 22.5 Å². The third-order valence-electron chi connectivity index (χ3n) is 4.21. The van der Waals surface area contributed by atoms with E-state index in [0.717, 1.165) is 18.8 Å². The van der Waals surface area contributed by atoms with Crippen molar-refractivity contribution in [3.63, 3.8) is 0 Å². The zero-order valence-corrected chi connectivity index (χ0v) is 13.9. The van der Waals surface area contributed by atoms with Crippen LogP contribution in [-0.2, 0) is 0 Å². The Morgan fingerprint density at radius 2 is 2.17 bits per heavy atom. The van der Waals surface area contributed by atoms with Gasteiger partial charge in [-0.3, -0.25) is 0 Å². The summed E-state index contributed by atoms with van der Waals surface area (Å²) < 4.78 is 0. The van der Waals surface area contributed by atoms with E-state index in [9.17, 15) is 0 Å². The standard InChI is InChI=1S/C16H21ClN6/c1-2-12-5-3-4-8-23(12)16-14(18)15(20-10-21-16)22-13-7-6-11(17)9-19-13/h6-7,9-10,12H,2-5,8,18H2,1H3,(H,19,20,21,22). The molecule has 2 aromatic rings. The van der Waals surface area contributed by atoms with Crippen LogP contribution in [0.1, 0.15) is 32.6 Å². The van der Waals surface area contributed by atoms with Gasteiger partial charge in [0, 0.05) is 18.8 Å². The average molecular weight is 333 g/mol. The smallest absolute Gasteiger partial charge is 0.160 e. The highest BCUT2D eigenvalue weighted by molar-refractivity contribution is 6.30. The van der Waals surface area contributed by atoms with Crippen LogP contribution < -0.4 is 16.0 Å². The lowest BCUT2D eigenvalue weighted by molar-refractivity contribution is 0.447. The van der Waals surface area contributed by atoms with Gasteiger partial charge in [-0.1, -0.05) is 18.5 Å². The Morgan fingerprint density at radius 3 is 2.91 bits per heavy atom. The van der Waals surface area contributed by atoms with E-state index in [2.05, 4.69) is 32.1 Å². The van der Waals surface area contributed by atoms with E-state index in [4.69, 9.17) is 17.3 Å². The Morgan fingerprint density at radius 1 is 1.30 bits per heavy atom. The number of nitrogen functional groups attached to an aromatic ring is 1. The molecule has 0 radical (unpaired) electrons. The molecule has 0 spiro atoms. The molecule has 2 aromatic heterocycles. The molecular weight excluding hydrogens is 312 g/mol. The van der Waals surface area contributed by atoms with Crippen molar-refractivity contribution in [1.29, 1.82) is 0 Å². The van der Waals surface area contributed by atoms with Gasteiger partial charge in [-0.2, -0.15) is 0 Å². The fourth-order valence-electron chi connectivity index (χ4n) is 2.99. The van der Waals surface area contributed by atoms with Crippen molar-refractivity contribution < 1.29 is 0 Å². The average Bonchev–Trinajstić information content (AvgIpc) is 2.59.